The number of hydrogen-bond acceptors (Lipinski definition) is 3. The number of aliphatic hydroxyl groups excluding tert-OH is 1. The Hall–Kier alpha value is -1.60. The van der Waals surface area contributed by atoms with Crippen molar-refractivity contribution in [3.05, 3.63) is 35.4 Å². The summed E-state index contributed by atoms with van der Waals surface area (Å²) >= 11 is 0. The fourth-order valence-electron chi connectivity index (χ4n) is 1.98. The minimum atomic E-state index is -4.56. The number of aliphatic hydroxyl groups is 1. The molecule has 1 aromatic carbocycles. The fraction of sp³-hybridized carbons (Fsp3) is 0.562. The van der Waals surface area contributed by atoms with Gasteiger partial charge in [0.1, 0.15) is 6.10 Å². The molecular weight excluding hydrogens is 311 g/mol. The van der Waals surface area contributed by atoms with Gasteiger partial charge in [0.05, 0.1) is 11.7 Å². The molecule has 0 aliphatic heterocycles. The predicted octanol–water partition coefficient (Wildman–Crippen LogP) is 3.06. The van der Waals surface area contributed by atoms with Crippen molar-refractivity contribution in [1.29, 1.82) is 0 Å². The molecule has 0 aromatic heterocycles. The van der Waals surface area contributed by atoms with E-state index in [0.717, 1.165) is 18.9 Å². The van der Waals surface area contributed by atoms with Crippen molar-refractivity contribution in [1.82, 2.24) is 5.32 Å². The highest BCUT2D eigenvalue weighted by Crippen LogP contribution is 2.34. The van der Waals surface area contributed by atoms with Crippen LogP contribution in [-0.4, -0.2) is 30.3 Å². The van der Waals surface area contributed by atoms with Gasteiger partial charge in [0, 0.05) is 13.2 Å². The fourth-order valence-corrected chi connectivity index (χ4v) is 1.98. The summed E-state index contributed by atoms with van der Waals surface area (Å²) in [5, 5.41) is 12.4. The summed E-state index contributed by atoms with van der Waals surface area (Å²) in [6.07, 6.45) is -4.97. The van der Waals surface area contributed by atoms with E-state index in [0.29, 0.717) is 6.61 Å². The van der Waals surface area contributed by atoms with Gasteiger partial charge in [-0.15, -0.1) is 0 Å². The summed E-state index contributed by atoms with van der Waals surface area (Å²) in [6.45, 7) is 3.67. The van der Waals surface area contributed by atoms with Crippen molar-refractivity contribution in [2.24, 2.45) is 0 Å². The van der Waals surface area contributed by atoms with Gasteiger partial charge in [-0.05, 0) is 25.0 Å². The molecule has 0 radical (unpaired) electrons. The summed E-state index contributed by atoms with van der Waals surface area (Å²) < 4.78 is 44.0. The van der Waals surface area contributed by atoms with E-state index in [9.17, 15) is 23.1 Å². The van der Waals surface area contributed by atoms with Gasteiger partial charge < -0.3 is 15.2 Å². The Bertz CT molecular complexity index is 506. The average molecular weight is 333 g/mol. The third kappa shape index (κ3) is 6.19. The van der Waals surface area contributed by atoms with E-state index in [2.05, 4.69) is 5.32 Å². The van der Waals surface area contributed by atoms with Crippen LogP contribution < -0.4 is 5.32 Å². The summed E-state index contributed by atoms with van der Waals surface area (Å²) in [7, 11) is 0. The van der Waals surface area contributed by atoms with Crippen LogP contribution in [0.25, 0.3) is 0 Å². The minimum absolute atomic E-state index is 0.264. The number of ether oxygens (including phenoxy) is 1. The van der Waals surface area contributed by atoms with E-state index < -0.39 is 29.9 Å². The number of hydrogen-bond donors (Lipinski definition) is 2. The normalized spacial score (nSPS) is 14.3. The minimum Gasteiger partial charge on any atom is -0.387 e. The second-order valence-electron chi connectivity index (χ2n) is 5.21. The van der Waals surface area contributed by atoms with Crippen LogP contribution in [0.3, 0.4) is 0 Å². The van der Waals surface area contributed by atoms with Crippen LogP contribution in [0.2, 0.25) is 0 Å². The number of carbonyl (C=O) groups is 1. The lowest BCUT2D eigenvalue weighted by Crippen LogP contribution is -2.37. The number of carbonyl (C=O) groups excluding carboxylic acids is 1. The number of amides is 1. The monoisotopic (exact) mass is 333 g/mol. The Kier molecular flexibility index (Phi) is 7.51. The van der Waals surface area contributed by atoms with Gasteiger partial charge >= 0.3 is 6.18 Å². The maximum Gasteiger partial charge on any atom is 0.416 e. The molecule has 130 valence electrons. The van der Waals surface area contributed by atoms with E-state index in [-0.39, 0.29) is 12.1 Å². The first kappa shape index (κ1) is 19.4. The molecule has 0 spiro atoms. The Balaban J connectivity index is 2.60. The Morgan fingerprint density at radius 1 is 1.35 bits per heavy atom. The second kappa shape index (κ2) is 8.88. The van der Waals surface area contributed by atoms with Gasteiger partial charge in [0.15, 0.2) is 0 Å². The number of nitrogens with one attached hydrogen (secondary N) is 1. The molecule has 4 nitrogen and oxygen atoms in total. The largest absolute Gasteiger partial charge is 0.416 e. The van der Waals surface area contributed by atoms with Crippen LogP contribution >= 0.6 is 0 Å². The maximum atomic E-state index is 12.9. The van der Waals surface area contributed by atoms with Gasteiger partial charge in [-0.2, -0.15) is 13.2 Å². The van der Waals surface area contributed by atoms with Gasteiger partial charge in [-0.3, -0.25) is 4.79 Å². The molecule has 2 N–H and O–H groups in total. The van der Waals surface area contributed by atoms with E-state index >= 15 is 0 Å². The number of halogens is 3. The zero-order chi connectivity index (χ0) is 17.5. The number of benzene rings is 1. The molecule has 1 rings (SSSR count). The van der Waals surface area contributed by atoms with Crippen LogP contribution in [0.1, 0.15) is 43.9 Å². The van der Waals surface area contributed by atoms with Crippen LogP contribution in [0.15, 0.2) is 24.3 Å². The molecule has 7 heteroatoms. The lowest BCUT2D eigenvalue weighted by atomic mass is 10.0. The molecule has 23 heavy (non-hydrogen) atoms. The second-order valence-corrected chi connectivity index (χ2v) is 5.21. The molecular formula is C16H22F3NO3. The molecule has 1 amide bonds. The van der Waals surface area contributed by atoms with E-state index in [4.69, 9.17) is 4.74 Å². The van der Waals surface area contributed by atoms with Gasteiger partial charge in [0.25, 0.3) is 0 Å². The molecule has 2 unspecified atom stereocenters. The molecule has 0 heterocycles. The molecule has 0 saturated carbocycles. The Morgan fingerprint density at radius 3 is 2.61 bits per heavy atom. The van der Waals surface area contributed by atoms with Gasteiger partial charge in [0.2, 0.25) is 5.91 Å². The van der Waals surface area contributed by atoms with E-state index in [1.54, 1.807) is 6.92 Å². The molecule has 0 saturated heterocycles. The highest BCUT2D eigenvalue weighted by atomic mass is 19.4. The van der Waals surface area contributed by atoms with Crippen LogP contribution in [0.5, 0.6) is 0 Å². The highest BCUT2D eigenvalue weighted by molar-refractivity contribution is 5.80. The molecule has 0 bridgehead atoms. The van der Waals surface area contributed by atoms with Crippen molar-refractivity contribution in [3.8, 4) is 0 Å². The lowest BCUT2D eigenvalue weighted by Gasteiger charge is -2.19. The first-order valence-electron chi connectivity index (χ1n) is 7.50. The maximum absolute atomic E-state index is 12.9. The molecule has 1 aromatic rings. The SMILES string of the molecule is CCCCOC(C)C(=O)NCC(O)c1ccccc1C(F)(F)F. The number of rotatable bonds is 8. The summed E-state index contributed by atoms with van der Waals surface area (Å²) in [4.78, 5) is 11.8. The summed E-state index contributed by atoms with van der Waals surface area (Å²) in [5.74, 6) is -0.468. The zero-order valence-corrected chi connectivity index (χ0v) is 13.2. The molecule has 0 fully saturated rings. The van der Waals surface area contributed by atoms with Crippen molar-refractivity contribution >= 4 is 5.91 Å². The molecule has 2 atom stereocenters. The Morgan fingerprint density at radius 2 is 2.00 bits per heavy atom. The quantitative estimate of drug-likeness (QED) is 0.719. The first-order chi connectivity index (χ1) is 10.8. The van der Waals surface area contributed by atoms with Crippen molar-refractivity contribution < 1.29 is 27.8 Å². The number of alkyl halides is 3. The smallest absolute Gasteiger partial charge is 0.387 e. The topological polar surface area (TPSA) is 58.6 Å². The highest BCUT2D eigenvalue weighted by Gasteiger charge is 2.34. The third-order valence-electron chi connectivity index (χ3n) is 3.33. The van der Waals surface area contributed by atoms with Crippen LogP contribution in [-0.2, 0) is 15.7 Å². The first-order valence-corrected chi connectivity index (χ1v) is 7.50. The standard InChI is InChI=1S/C16H22F3NO3/c1-3-4-9-23-11(2)15(22)20-10-14(21)12-7-5-6-8-13(12)16(17,18)19/h5-8,11,14,21H,3-4,9-10H2,1-2H3,(H,20,22). The van der Waals surface area contributed by atoms with Crippen LogP contribution in [0, 0.1) is 0 Å². The predicted molar refractivity (Wildman–Crippen MR) is 79.7 cm³/mol. The third-order valence-corrected chi connectivity index (χ3v) is 3.33. The van der Waals surface area contributed by atoms with Crippen LogP contribution in [0.4, 0.5) is 13.2 Å². The lowest BCUT2D eigenvalue weighted by molar-refractivity contribution is -0.139. The zero-order valence-electron chi connectivity index (χ0n) is 13.2. The van der Waals surface area contributed by atoms with Gasteiger partial charge in [-0.25, -0.2) is 0 Å². The summed E-state index contributed by atoms with van der Waals surface area (Å²) in [5.41, 5.74) is -1.17. The van der Waals surface area contributed by atoms with Crippen molar-refractivity contribution in [3.63, 3.8) is 0 Å². The Labute approximate surface area is 133 Å². The van der Waals surface area contributed by atoms with Crippen molar-refractivity contribution in [2.45, 2.75) is 45.1 Å². The summed E-state index contributed by atoms with van der Waals surface area (Å²) in [6, 6.07) is 4.76. The van der Waals surface area contributed by atoms with Gasteiger partial charge in [-0.1, -0.05) is 31.5 Å². The molecule has 0 aliphatic rings. The van der Waals surface area contributed by atoms with Crippen molar-refractivity contribution in [2.75, 3.05) is 13.2 Å². The molecule has 0 aliphatic carbocycles. The van der Waals surface area contributed by atoms with E-state index in [1.165, 1.54) is 18.2 Å². The van der Waals surface area contributed by atoms with E-state index in [1.807, 2.05) is 6.92 Å². The number of unbranched alkanes of at least 4 members (excludes halogenated alkanes) is 1. The average Bonchev–Trinajstić information content (AvgIpc) is 2.51.